The number of likely N-dealkylation sites (tertiary alicyclic amines) is 1. The Bertz CT molecular complexity index is 1230. The van der Waals surface area contributed by atoms with Gasteiger partial charge >= 0.3 is 23.8 Å². The zero-order valence-corrected chi connectivity index (χ0v) is 23.8. The summed E-state index contributed by atoms with van der Waals surface area (Å²) in [6.07, 6.45) is 0.569. The van der Waals surface area contributed by atoms with Crippen LogP contribution < -0.4 is 11.0 Å². The van der Waals surface area contributed by atoms with Crippen molar-refractivity contribution < 1.29 is 33.3 Å². The van der Waals surface area contributed by atoms with Crippen LogP contribution >= 0.6 is 0 Å². The van der Waals surface area contributed by atoms with Gasteiger partial charge in [0.2, 0.25) is 0 Å². The van der Waals surface area contributed by atoms with Gasteiger partial charge in [0, 0.05) is 12.7 Å². The Morgan fingerprint density at radius 3 is 2.30 bits per heavy atom. The molecule has 2 amide bonds. The molecule has 12 nitrogen and oxygen atoms in total. The number of amides is 2. The number of benzene rings is 1. The number of nitrogens with one attached hydrogen (secondary N) is 1. The molecule has 0 spiro atoms. The molecule has 1 fully saturated rings. The Labute approximate surface area is 233 Å². The fourth-order valence-electron chi connectivity index (χ4n) is 4.07. The third kappa shape index (κ3) is 9.67. The van der Waals surface area contributed by atoms with Gasteiger partial charge in [0.25, 0.3) is 0 Å². The van der Waals surface area contributed by atoms with Crippen molar-refractivity contribution in [3.63, 3.8) is 0 Å². The molecular formula is C28H38N4O8. The van der Waals surface area contributed by atoms with Gasteiger partial charge in [-0.05, 0) is 59.6 Å². The van der Waals surface area contributed by atoms with Gasteiger partial charge in [-0.1, -0.05) is 30.3 Å². The highest BCUT2D eigenvalue weighted by Crippen LogP contribution is 2.28. The number of hydrogen-bond donors (Lipinski definition) is 1. The topological polar surface area (TPSA) is 138 Å². The highest BCUT2D eigenvalue weighted by molar-refractivity contribution is 5.83. The molecule has 1 N–H and O–H groups in total. The number of anilines is 1. The first-order valence-electron chi connectivity index (χ1n) is 13.1. The van der Waals surface area contributed by atoms with E-state index >= 15 is 0 Å². The molecule has 0 aliphatic carbocycles. The maximum absolute atomic E-state index is 12.9. The average molecular weight is 559 g/mol. The quantitative estimate of drug-likeness (QED) is 0.377. The molecule has 2 heterocycles. The van der Waals surface area contributed by atoms with E-state index in [1.165, 1.54) is 21.7 Å². The maximum Gasteiger partial charge on any atom is 0.413 e. The lowest BCUT2D eigenvalue weighted by molar-refractivity contribution is -0.160. The van der Waals surface area contributed by atoms with Crippen molar-refractivity contribution in [2.24, 2.45) is 0 Å². The van der Waals surface area contributed by atoms with Crippen molar-refractivity contribution in [3.05, 3.63) is 58.6 Å². The summed E-state index contributed by atoms with van der Waals surface area (Å²) in [5, 5.41) is 2.45. The number of aromatic nitrogens is 2. The van der Waals surface area contributed by atoms with Gasteiger partial charge in [-0.2, -0.15) is 4.98 Å². The monoisotopic (exact) mass is 558 g/mol. The summed E-state index contributed by atoms with van der Waals surface area (Å²) in [5.41, 5.74) is -1.15. The third-order valence-corrected chi connectivity index (χ3v) is 5.64. The summed E-state index contributed by atoms with van der Waals surface area (Å²) in [6.45, 7) is 10.6. The summed E-state index contributed by atoms with van der Waals surface area (Å²) in [5.74, 6) is -0.477. The standard InChI is InChI=1S/C28H38N4O8/c1-27(2,3)39-23(33)18-37-17-21-14-20(15-32(21)26(36)40-28(4,5)6)31-13-12-22(29-24(31)34)30-25(35)38-16-19-10-8-7-9-11-19/h7-13,20-21H,14-18H2,1-6H3,(H,29,30,34,35)/t20-,21-/m1/s1. The van der Waals surface area contributed by atoms with Crippen molar-refractivity contribution in [1.29, 1.82) is 0 Å². The Kier molecular flexibility index (Phi) is 9.91. The summed E-state index contributed by atoms with van der Waals surface area (Å²) in [7, 11) is 0. The summed E-state index contributed by atoms with van der Waals surface area (Å²) < 4.78 is 23.0. The Balaban J connectivity index is 1.65. The molecule has 1 aliphatic heterocycles. The van der Waals surface area contributed by atoms with Crippen LogP contribution in [0.4, 0.5) is 15.4 Å². The molecule has 0 unspecified atom stereocenters. The van der Waals surface area contributed by atoms with Crippen LogP contribution in [0.2, 0.25) is 0 Å². The second kappa shape index (κ2) is 12.9. The summed E-state index contributed by atoms with van der Waals surface area (Å²) in [6, 6.07) is 9.77. The first kappa shape index (κ1) is 30.6. The van der Waals surface area contributed by atoms with Crippen LogP contribution in [0.15, 0.2) is 47.4 Å². The number of carbonyl (C=O) groups is 3. The van der Waals surface area contributed by atoms with Gasteiger partial charge in [0.15, 0.2) is 0 Å². The van der Waals surface area contributed by atoms with E-state index in [2.05, 4.69) is 10.3 Å². The number of ether oxygens (including phenoxy) is 4. The molecule has 2 atom stereocenters. The number of carbonyl (C=O) groups excluding carboxylic acids is 3. The normalized spacial score (nSPS) is 17.3. The van der Waals surface area contributed by atoms with Gasteiger partial charge in [0.1, 0.15) is 30.2 Å². The molecule has 12 heteroatoms. The van der Waals surface area contributed by atoms with Crippen LogP contribution in [0.3, 0.4) is 0 Å². The zero-order chi connectivity index (χ0) is 29.5. The first-order valence-corrected chi connectivity index (χ1v) is 13.1. The van der Waals surface area contributed by atoms with E-state index in [0.29, 0.717) is 6.42 Å². The molecule has 2 aromatic rings. The van der Waals surface area contributed by atoms with E-state index < -0.39 is 47.1 Å². The fraction of sp³-hybridized carbons (Fsp3) is 0.536. The van der Waals surface area contributed by atoms with E-state index in [1.54, 1.807) is 41.5 Å². The predicted molar refractivity (Wildman–Crippen MR) is 146 cm³/mol. The lowest BCUT2D eigenvalue weighted by atomic mass is 10.2. The third-order valence-electron chi connectivity index (χ3n) is 5.64. The van der Waals surface area contributed by atoms with E-state index in [0.717, 1.165) is 5.56 Å². The highest BCUT2D eigenvalue weighted by atomic mass is 16.6. The fourth-order valence-corrected chi connectivity index (χ4v) is 4.07. The minimum Gasteiger partial charge on any atom is -0.458 e. The lowest BCUT2D eigenvalue weighted by Gasteiger charge is -2.28. The molecule has 40 heavy (non-hydrogen) atoms. The van der Waals surface area contributed by atoms with Crippen LogP contribution in [0.25, 0.3) is 0 Å². The Morgan fingerprint density at radius 1 is 1.00 bits per heavy atom. The van der Waals surface area contributed by atoms with Crippen molar-refractivity contribution in [1.82, 2.24) is 14.5 Å². The molecule has 1 aromatic carbocycles. The van der Waals surface area contributed by atoms with Gasteiger partial charge in [-0.3, -0.25) is 9.88 Å². The van der Waals surface area contributed by atoms with Gasteiger partial charge in [-0.25, -0.2) is 19.2 Å². The van der Waals surface area contributed by atoms with E-state index in [-0.39, 0.29) is 32.2 Å². The first-order chi connectivity index (χ1) is 18.7. The van der Waals surface area contributed by atoms with Crippen molar-refractivity contribution >= 4 is 24.0 Å². The van der Waals surface area contributed by atoms with Crippen molar-refractivity contribution in [2.45, 2.75) is 77.9 Å². The smallest absolute Gasteiger partial charge is 0.413 e. The van der Waals surface area contributed by atoms with Gasteiger partial charge in [0.05, 0.1) is 18.7 Å². The Hall–Kier alpha value is -3.93. The largest absolute Gasteiger partial charge is 0.458 e. The van der Waals surface area contributed by atoms with Crippen LogP contribution in [0, 0.1) is 0 Å². The number of hydrogen-bond acceptors (Lipinski definition) is 9. The summed E-state index contributed by atoms with van der Waals surface area (Å²) in [4.78, 5) is 55.5. The average Bonchev–Trinajstić information content (AvgIpc) is 3.25. The molecule has 1 saturated heterocycles. The van der Waals surface area contributed by atoms with Crippen molar-refractivity contribution in [2.75, 3.05) is 25.1 Å². The molecule has 0 bridgehead atoms. The molecule has 3 rings (SSSR count). The maximum atomic E-state index is 12.9. The highest BCUT2D eigenvalue weighted by Gasteiger charge is 2.39. The van der Waals surface area contributed by atoms with E-state index in [1.807, 2.05) is 30.3 Å². The van der Waals surface area contributed by atoms with Crippen LogP contribution in [-0.2, 0) is 30.3 Å². The molecule has 218 valence electrons. The van der Waals surface area contributed by atoms with E-state index in [9.17, 15) is 19.2 Å². The Morgan fingerprint density at radius 2 is 1.68 bits per heavy atom. The van der Waals surface area contributed by atoms with Gasteiger partial charge in [-0.15, -0.1) is 0 Å². The van der Waals surface area contributed by atoms with Crippen LogP contribution in [0.5, 0.6) is 0 Å². The SMILES string of the molecule is CC(C)(C)OC(=O)COC[C@H]1C[C@@H](n2ccc(NC(=O)OCc3ccccc3)nc2=O)CN1C(=O)OC(C)(C)C. The second-order valence-corrected chi connectivity index (χ2v) is 11.5. The number of rotatable bonds is 8. The zero-order valence-electron chi connectivity index (χ0n) is 23.8. The molecule has 1 aliphatic rings. The molecule has 0 saturated carbocycles. The minimum absolute atomic E-state index is 0.0403. The molecule has 1 aromatic heterocycles. The molecule has 0 radical (unpaired) electrons. The molecular weight excluding hydrogens is 520 g/mol. The minimum atomic E-state index is -0.743. The second-order valence-electron chi connectivity index (χ2n) is 11.5. The van der Waals surface area contributed by atoms with Crippen LogP contribution in [-0.4, -0.2) is 69.6 Å². The van der Waals surface area contributed by atoms with Crippen molar-refractivity contribution in [3.8, 4) is 0 Å². The number of nitrogens with zero attached hydrogens (tertiary/aromatic N) is 3. The lowest BCUT2D eigenvalue weighted by Crippen LogP contribution is -2.42. The summed E-state index contributed by atoms with van der Waals surface area (Å²) >= 11 is 0. The van der Waals surface area contributed by atoms with Crippen LogP contribution in [0.1, 0.15) is 59.6 Å². The predicted octanol–water partition coefficient (Wildman–Crippen LogP) is 3.90. The van der Waals surface area contributed by atoms with E-state index in [4.69, 9.17) is 18.9 Å². The van der Waals surface area contributed by atoms with Gasteiger partial charge < -0.3 is 23.8 Å². The number of esters is 1.